The maximum Gasteiger partial charge on any atom is 0.254 e. The lowest BCUT2D eigenvalue weighted by molar-refractivity contribution is 0.0268. The van der Waals surface area contributed by atoms with Gasteiger partial charge in [0.2, 0.25) is 0 Å². The van der Waals surface area contributed by atoms with Gasteiger partial charge in [0.15, 0.2) is 0 Å². The zero-order chi connectivity index (χ0) is 21.8. The van der Waals surface area contributed by atoms with E-state index in [-0.39, 0.29) is 0 Å². The Morgan fingerprint density at radius 3 is 1.50 bits per heavy atom. The quantitative estimate of drug-likeness (QED) is 0.269. The Kier molecular flexibility index (Phi) is 8.37. The minimum absolute atomic E-state index is 0.371. The van der Waals surface area contributed by atoms with Crippen LogP contribution in [0.15, 0.2) is 49.1 Å². The Morgan fingerprint density at radius 1 is 0.594 bits per heavy atom. The Bertz CT molecular complexity index is 978. The van der Waals surface area contributed by atoms with Crippen LogP contribution in [0.2, 0.25) is 0 Å². The first-order valence-corrected chi connectivity index (χ1v) is 11.2. The third kappa shape index (κ3) is 6.23. The van der Waals surface area contributed by atoms with E-state index in [4.69, 9.17) is 18.9 Å². The van der Waals surface area contributed by atoms with Crippen LogP contribution in [-0.2, 0) is 9.47 Å². The van der Waals surface area contributed by atoms with E-state index < -0.39 is 0 Å². The van der Waals surface area contributed by atoms with Crippen molar-refractivity contribution < 1.29 is 18.9 Å². The summed E-state index contributed by atoms with van der Waals surface area (Å²) >= 11 is 2.21. The molecule has 4 aromatic heterocycles. The number of rotatable bonds is 13. The van der Waals surface area contributed by atoms with Crippen LogP contribution in [0.1, 0.15) is 0 Å². The van der Waals surface area contributed by atoms with Crippen LogP contribution >= 0.6 is 23.5 Å². The Balaban J connectivity index is 1.06. The highest BCUT2D eigenvalue weighted by Gasteiger charge is 2.12. The van der Waals surface area contributed by atoms with E-state index in [0.717, 1.165) is 34.6 Å². The molecular formula is C20H20N6O4S2. The monoisotopic (exact) mass is 472 g/mol. The number of hydrogen-bond acceptors (Lipinski definition) is 12. The molecule has 0 aliphatic heterocycles. The van der Waals surface area contributed by atoms with Gasteiger partial charge in [-0.3, -0.25) is 9.97 Å². The maximum atomic E-state index is 5.67. The van der Waals surface area contributed by atoms with Crippen LogP contribution in [0.3, 0.4) is 0 Å². The van der Waals surface area contributed by atoms with Gasteiger partial charge in [0, 0.05) is 35.9 Å². The molecule has 0 spiro atoms. The van der Waals surface area contributed by atoms with Crippen molar-refractivity contribution in [3.05, 3.63) is 49.1 Å². The smallest absolute Gasteiger partial charge is 0.254 e. The summed E-state index contributed by atoms with van der Waals surface area (Å²) in [5.41, 5.74) is 3.12. The lowest BCUT2D eigenvalue weighted by Gasteiger charge is -2.08. The zero-order valence-corrected chi connectivity index (χ0v) is 18.6. The van der Waals surface area contributed by atoms with E-state index in [0.29, 0.717) is 62.8 Å². The van der Waals surface area contributed by atoms with Crippen LogP contribution in [0.25, 0.3) is 22.5 Å². The van der Waals surface area contributed by atoms with E-state index in [1.54, 1.807) is 24.8 Å². The molecule has 32 heavy (non-hydrogen) atoms. The SMILES string of the molecule is c1cncc(-c2nsnc2OCCOCCOCCOc2nsnc2-c2cccnc2)c1. The molecule has 0 unspecified atom stereocenters. The molecule has 0 aliphatic carbocycles. The van der Waals surface area contributed by atoms with Gasteiger partial charge >= 0.3 is 0 Å². The second-order valence-corrected chi connectivity index (χ2v) is 7.30. The molecule has 0 N–H and O–H groups in total. The largest absolute Gasteiger partial charge is 0.473 e. The first-order chi connectivity index (χ1) is 15.9. The molecular weight excluding hydrogens is 452 g/mol. The molecule has 0 fully saturated rings. The molecule has 0 saturated heterocycles. The van der Waals surface area contributed by atoms with Crippen LogP contribution in [0, 0.1) is 0 Å². The van der Waals surface area contributed by atoms with Crippen molar-refractivity contribution in [2.75, 3.05) is 39.6 Å². The standard InChI is InChI=1S/C20H20N6O4S2/c1-3-15(13-21-5-1)17-19(25-31-23-17)29-11-9-27-7-8-28-10-12-30-20-18(24-32-26-20)16-4-2-6-22-14-16/h1-6,13-14H,7-12H2. The number of aromatic nitrogens is 6. The van der Waals surface area contributed by atoms with Gasteiger partial charge in [0.05, 0.1) is 49.9 Å². The van der Waals surface area contributed by atoms with E-state index in [9.17, 15) is 0 Å². The molecule has 0 bridgehead atoms. The number of hydrogen-bond donors (Lipinski definition) is 0. The summed E-state index contributed by atoms with van der Waals surface area (Å²) in [5.74, 6) is 0.976. The van der Waals surface area contributed by atoms with Gasteiger partial charge in [-0.2, -0.15) is 8.75 Å². The van der Waals surface area contributed by atoms with Crippen LogP contribution < -0.4 is 9.47 Å². The van der Waals surface area contributed by atoms with Gasteiger partial charge < -0.3 is 18.9 Å². The van der Waals surface area contributed by atoms with Gasteiger partial charge in [-0.1, -0.05) is 0 Å². The van der Waals surface area contributed by atoms with Crippen molar-refractivity contribution in [3.63, 3.8) is 0 Å². The molecule has 0 aliphatic rings. The molecule has 4 aromatic rings. The fraction of sp³-hybridized carbons (Fsp3) is 0.300. The summed E-state index contributed by atoms with van der Waals surface area (Å²) in [6.07, 6.45) is 6.88. The third-order valence-electron chi connectivity index (χ3n) is 4.09. The molecule has 10 nitrogen and oxygen atoms in total. The highest BCUT2D eigenvalue weighted by atomic mass is 32.1. The summed E-state index contributed by atoms with van der Waals surface area (Å²) in [5, 5.41) is 0. The molecule has 12 heteroatoms. The predicted molar refractivity (Wildman–Crippen MR) is 119 cm³/mol. The molecule has 0 radical (unpaired) electrons. The highest BCUT2D eigenvalue weighted by molar-refractivity contribution is 6.99. The van der Waals surface area contributed by atoms with Crippen molar-refractivity contribution in [1.29, 1.82) is 0 Å². The lowest BCUT2D eigenvalue weighted by Crippen LogP contribution is -2.13. The van der Waals surface area contributed by atoms with E-state index >= 15 is 0 Å². The summed E-state index contributed by atoms with van der Waals surface area (Å²) < 4.78 is 39.3. The van der Waals surface area contributed by atoms with Crippen molar-refractivity contribution in [2.45, 2.75) is 0 Å². The van der Waals surface area contributed by atoms with Crippen molar-refractivity contribution in [3.8, 4) is 34.3 Å². The second kappa shape index (κ2) is 12.1. The second-order valence-electron chi connectivity index (χ2n) is 6.24. The Labute approximate surface area is 192 Å². The fourth-order valence-corrected chi connectivity index (χ4v) is 3.66. The lowest BCUT2D eigenvalue weighted by atomic mass is 10.2. The van der Waals surface area contributed by atoms with Crippen molar-refractivity contribution in [1.82, 2.24) is 27.5 Å². The molecule has 4 rings (SSSR count). The fourth-order valence-electron chi connectivity index (χ4n) is 2.63. The first kappa shape index (κ1) is 22.1. The summed E-state index contributed by atoms with van der Waals surface area (Å²) in [6, 6.07) is 7.53. The molecule has 0 saturated carbocycles. The first-order valence-electron chi connectivity index (χ1n) is 9.79. The third-order valence-corrected chi connectivity index (χ3v) is 5.12. The predicted octanol–water partition coefficient (Wildman–Crippen LogP) is 3.00. The average molecular weight is 473 g/mol. The van der Waals surface area contributed by atoms with Gasteiger partial charge in [0.1, 0.15) is 24.6 Å². The number of ether oxygens (including phenoxy) is 4. The molecule has 166 valence electrons. The van der Waals surface area contributed by atoms with Crippen molar-refractivity contribution in [2.24, 2.45) is 0 Å². The zero-order valence-electron chi connectivity index (χ0n) is 17.0. The average Bonchev–Trinajstić information content (AvgIpc) is 3.51. The number of pyridine rings is 2. The van der Waals surface area contributed by atoms with Crippen LogP contribution in [0.4, 0.5) is 0 Å². The summed E-state index contributed by atoms with van der Waals surface area (Å²) in [7, 11) is 0. The molecule has 0 atom stereocenters. The van der Waals surface area contributed by atoms with E-state index in [1.165, 1.54) is 0 Å². The van der Waals surface area contributed by atoms with E-state index in [1.807, 2.05) is 24.3 Å². The van der Waals surface area contributed by atoms with Gasteiger partial charge in [0.25, 0.3) is 11.8 Å². The summed E-state index contributed by atoms with van der Waals surface area (Å²) in [4.78, 5) is 8.18. The minimum atomic E-state index is 0.371. The maximum absolute atomic E-state index is 5.67. The number of nitrogens with zero attached hydrogens (tertiary/aromatic N) is 6. The van der Waals surface area contributed by atoms with Gasteiger partial charge in [-0.15, -0.1) is 8.75 Å². The van der Waals surface area contributed by atoms with Crippen LogP contribution in [-0.4, -0.2) is 67.1 Å². The van der Waals surface area contributed by atoms with Crippen LogP contribution in [0.5, 0.6) is 11.8 Å². The normalized spacial score (nSPS) is 10.9. The summed E-state index contributed by atoms with van der Waals surface area (Å²) in [6.45, 7) is 2.48. The van der Waals surface area contributed by atoms with Crippen molar-refractivity contribution >= 4 is 23.5 Å². The molecule has 0 amide bonds. The minimum Gasteiger partial charge on any atom is -0.473 e. The van der Waals surface area contributed by atoms with Gasteiger partial charge in [-0.25, -0.2) is 0 Å². The topological polar surface area (TPSA) is 114 Å². The molecule has 0 aromatic carbocycles. The Hall–Kier alpha value is -3.06. The Morgan fingerprint density at radius 2 is 1.06 bits per heavy atom. The van der Waals surface area contributed by atoms with E-state index in [2.05, 4.69) is 27.5 Å². The highest BCUT2D eigenvalue weighted by Crippen LogP contribution is 2.27. The van der Waals surface area contributed by atoms with Gasteiger partial charge in [-0.05, 0) is 24.3 Å². The molecule has 4 heterocycles.